The maximum atomic E-state index is 12.9. The highest BCUT2D eigenvalue weighted by molar-refractivity contribution is 7.99. The molecule has 1 rings (SSSR count). The SMILES string of the molecule is COCCCSc1ccc(C(=N)N)c(C(F)(F)F)c1. The summed E-state index contributed by atoms with van der Waals surface area (Å²) in [5.41, 5.74) is 4.01. The van der Waals surface area contributed by atoms with Crippen molar-refractivity contribution in [3.05, 3.63) is 29.3 Å². The number of hydrogen-bond acceptors (Lipinski definition) is 3. The van der Waals surface area contributed by atoms with Crippen LogP contribution in [0.1, 0.15) is 17.5 Å². The fraction of sp³-hybridized carbons (Fsp3) is 0.417. The number of alkyl halides is 3. The smallest absolute Gasteiger partial charge is 0.385 e. The summed E-state index contributed by atoms with van der Waals surface area (Å²) in [6, 6.07) is 3.82. The first-order valence-corrected chi connectivity index (χ1v) is 6.52. The number of hydrogen-bond donors (Lipinski definition) is 2. The summed E-state index contributed by atoms with van der Waals surface area (Å²) in [6.07, 6.45) is -3.75. The molecule has 0 saturated heterocycles. The van der Waals surface area contributed by atoms with Crippen molar-refractivity contribution >= 4 is 17.6 Å². The van der Waals surface area contributed by atoms with E-state index >= 15 is 0 Å². The Hall–Kier alpha value is -1.21. The predicted molar refractivity (Wildman–Crippen MR) is 69.7 cm³/mol. The highest BCUT2D eigenvalue weighted by Crippen LogP contribution is 2.34. The molecule has 3 nitrogen and oxygen atoms in total. The Balaban J connectivity index is 2.90. The average molecular weight is 292 g/mol. The van der Waals surface area contributed by atoms with E-state index in [0.717, 1.165) is 12.5 Å². The number of nitrogens with two attached hydrogens (primary N) is 1. The number of nitrogen functional groups attached to an aromatic ring is 1. The normalized spacial score (nSPS) is 11.6. The van der Waals surface area contributed by atoms with Gasteiger partial charge in [-0.3, -0.25) is 5.41 Å². The quantitative estimate of drug-likeness (QED) is 0.366. The highest BCUT2D eigenvalue weighted by atomic mass is 32.2. The van der Waals surface area contributed by atoms with Gasteiger partial charge < -0.3 is 10.5 Å². The van der Waals surface area contributed by atoms with Crippen LogP contribution in [0.2, 0.25) is 0 Å². The van der Waals surface area contributed by atoms with E-state index in [0.29, 0.717) is 17.3 Å². The van der Waals surface area contributed by atoms with Crippen LogP contribution in [0.15, 0.2) is 23.1 Å². The third-order valence-electron chi connectivity index (χ3n) is 2.35. The summed E-state index contributed by atoms with van der Waals surface area (Å²) in [5.74, 6) is 0.0909. The zero-order valence-electron chi connectivity index (χ0n) is 10.4. The van der Waals surface area contributed by atoms with E-state index in [1.54, 1.807) is 13.2 Å². The lowest BCUT2D eigenvalue weighted by Gasteiger charge is -2.13. The predicted octanol–water partition coefficient (Wildman–Crippen LogP) is 3.12. The second-order valence-corrected chi connectivity index (χ2v) is 4.98. The minimum atomic E-state index is -4.51. The molecule has 0 saturated carbocycles. The Morgan fingerprint density at radius 3 is 2.63 bits per heavy atom. The van der Waals surface area contributed by atoms with Gasteiger partial charge >= 0.3 is 6.18 Å². The molecule has 0 unspecified atom stereocenters. The molecule has 7 heteroatoms. The lowest BCUT2D eigenvalue weighted by Crippen LogP contribution is -2.18. The van der Waals surface area contributed by atoms with E-state index in [9.17, 15) is 13.2 Å². The standard InChI is InChI=1S/C12H15F3N2OS/c1-18-5-2-6-19-8-3-4-9(11(16)17)10(7-8)12(13,14)15/h3-4,7H,2,5-6H2,1H3,(H3,16,17). The van der Waals surface area contributed by atoms with Gasteiger partial charge in [-0.25, -0.2) is 0 Å². The molecule has 0 radical (unpaired) electrons. The highest BCUT2D eigenvalue weighted by Gasteiger charge is 2.34. The summed E-state index contributed by atoms with van der Waals surface area (Å²) in [4.78, 5) is 0.508. The number of halogens is 3. The van der Waals surface area contributed by atoms with Gasteiger partial charge in [0.25, 0.3) is 0 Å². The molecule has 1 aromatic carbocycles. The first-order valence-electron chi connectivity index (χ1n) is 5.53. The molecule has 3 N–H and O–H groups in total. The second kappa shape index (κ2) is 6.81. The largest absolute Gasteiger partial charge is 0.417 e. The number of amidine groups is 1. The van der Waals surface area contributed by atoms with E-state index in [1.807, 2.05) is 0 Å². The summed E-state index contributed by atoms with van der Waals surface area (Å²) >= 11 is 1.32. The fourth-order valence-corrected chi connectivity index (χ4v) is 2.34. The van der Waals surface area contributed by atoms with Gasteiger partial charge in [-0.15, -0.1) is 11.8 Å². The van der Waals surface area contributed by atoms with E-state index in [-0.39, 0.29) is 5.56 Å². The minimum absolute atomic E-state index is 0.284. The maximum Gasteiger partial charge on any atom is 0.417 e. The molecular weight excluding hydrogens is 277 g/mol. The van der Waals surface area contributed by atoms with Crippen LogP contribution in [0.3, 0.4) is 0 Å². The minimum Gasteiger partial charge on any atom is -0.385 e. The van der Waals surface area contributed by atoms with Crippen molar-refractivity contribution in [2.45, 2.75) is 17.5 Å². The topological polar surface area (TPSA) is 59.1 Å². The monoisotopic (exact) mass is 292 g/mol. The van der Waals surface area contributed by atoms with Crippen molar-refractivity contribution < 1.29 is 17.9 Å². The van der Waals surface area contributed by atoms with Crippen molar-refractivity contribution in [1.82, 2.24) is 0 Å². The van der Waals surface area contributed by atoms with E-state index in [4.69, 9.17) is 15.9 Å². The fourth-order valence-electron chi connectivity index (χ4n) is 1.48. The second-order valence-electron chi connectivity index (χ2n) is 3.81. The van der Waals surface area contributed by atoms with Crippen LogP contribution < -0.4 is 5.73 Å². The van der Waals surface area contributed by atoms with Gasteiger partial charge in [0.1, 0.15) is 5.84 Å². The van der Waals surface area contributed by atoms with Crippen LogP contribution >= 0.6 is 11.8 Å². The number of benzene rings is 1. The first-order chi connectivity index (χ1) is 8.86. The van der Waals surface area contributed by atoms with E-state index < -0.39 is 17.6 Å². The summed E-state index contributed by atoms with van der Waals surface area (Å²) in [5, 5.41) is 7.17. The lowest BCUT2D eigenvalue weighted by molar-refractivity contribution is -0.137. The molecule has 0 heterocycles. The Bertz CT molecular complexity index is 449. The van der Waals surface area contributed by atoms with Crippen LogP contribution in [-0.2, 0) is 10.9 Å². The Kier molecular flexibility index (Phi) is 5.68. The lowest BCUT2D eigenvalue weighted by atomic mass is 10.1. The van der Waals surface area contributed by atoms with Gasteiger partial charge in [-0.1, -0.05) is 0 Å². The van der Waals surface area contributed by atoms with Gasteiger partial charge in [0.15, 0.2) is 0 Å². The van der Waals surface area contributed by atoms with Crippen LogP contribution in [-0.4, -0.2) is 25.3 Å². The first kappa shape index (κ1) is 15.8. The molecular formula is C12H15F3N2OS. The van der Waals surface area contributed by atoms with Crippen LogP contribution in [0.5, 0.6) is 0 Å². The zero-order valence-corrected chi connectivity index (χ0v) is 11.2. The summed E-state index contributed by atoms with van der Waals surface area (Å²) in [7, 11) is 1.58. The van der Waals surface area contributed by atoms with Crippen LogP contribution in [0, 0.1) is 5.41 Å². The average Bonchev–Trinajstić information content (AvgIpc) is 2.33. The maximum absolute atomic E-state index is 12.9. The number of rotatable bonds is 6. The van der Waals surface area contributed by atoms with Crippen molar-refractivity contribution in [3.8, 4) is 0 Å². The van der Waals surface area contributed by atoms with Gasteiger partial charge in [0.05, 0.1) is 5.56 Å². The summed E-state index contributed by atoms with van der Waals surface area (Å²) in [6.45, 7) is 0.574. The van der Waals surface area contributed by atoms with Gasteiger partial charge in [-0.05, 0) is 24.6 Å². The van der Waals surface area contributed by atoms with Gasteiger partial charge in [0, 0.05) is 29.9 Å². The molecule has 0 aliphatic rings. The molecule has 0 aliphatic heterocycles. The van der Waals surface area contributed by atoms with Crippen molar-refractivity contribution in [3.63, 3.8) is 0 Å². The van der Waals surface area contributed by atoms with Crippen LogP contribution in [0.4, 0.5) is 13.2 Å². The molecule has 19 heavy (non-hydrogen) atoms. The number of thioether (sulfide) groups is 1. The van der Waals surface area contributed by atoms with Gasteiger partial charge in [0.2, 0.25) is 0 Å². The zero-order chi connectivity index (χ0) is 14.5. The third-order valence-corrected chi connectivity index (χ3v) is 3.43. The number of ether oxygens (including phenoxy) is 1. The Morgan fingerprint density at radius 2 is 2.11 bits per heavy atom. The molecule has 0 aliphatic carbocycles. The Morgan fingerprint density at radius 1 is 1.42 bits per heavy atom. The molecule has 0 aromatic heterocycles. The molecule has 106 valence electrons. The number of nitrogens with one attached hydrogen (secondary N) is 1. The molecule has 0 spiro atoms. The van der Waals surface area contributed by atoms with E-state index in [1.165, 1.54) is 17.8 Å². The molecule has 0 fully saturated rings. The van der Waals surface area contributed by atoms with E-state index in [2.05, 4.69) is 0 Å². The van der Waals surface area contributed by atoms with Crippen molar-refractivity contribution in [2.24, 2.45) is 5.73 Å². The Labute approximate surface area is 113 Å². The third kappa shape index (κ3) is 4.76. The molecule has 1 aromatic rings. The molecule has 0 bridgehead atoms. The summed E-state index contributed by atoms with van der Waals surface area (Å²) < 4.78 is 43.4. The molecule has 0 atom stereocenters. The van der Waals surface area contributed by atoms with Crippen molar-refractivity contribution in [1.29, 1.82) is 5.41 Å². The molecule has 0 amide bonds. The van der Waals surface area contributed by atoms with Crippen molar-refractivity contribution in [2.75, 3.05) is 19.5 Å². The van der Waals surface area contributed by atoms with Crippen LogP contribution in [0.25, 0.3) is 0 Å². The number of methoxy groups -OCH3 is 1. The van der Waals surface area contributed by atoms with Gasteiger partial charge in [-0.2, -0.15) is 13.2 Å².